The number of piperidine rings is 1. The normalized spacial score (nSPS) is 21.7. The molecule has 0 bridgehead atoms. The zero-order chi connectivity index (χ0) is 17.8. The third-order valence-electron chi connectivity index (χ3n) is 5.21. The monoisotopic (exact) mass is 354 g/mol. The fourth-order valence-electron chi connectivity index (χ4n) is 3.70. The highest BCUT2D eigenvalue weighted by Gasteiger charge is 2.43. The van der Waals surface area contributed by atoms with Gasteiger partial charge in [-0.15, -0.1) is 0 Å². The van der Waals surface area contributed by atoms with Gasteiger partial charge in [-0.1, -0.05) is 6.07 Å². The molecule has 26 heavy (non-hydrogen) atoms. The van der Waals surface area contributed by atoms with Gasteiger partial charge in [-0.05, 0) is 36.8 Å². The lowest BCUT2D eigenvalue weighted by Crippen LogP contribution is -2.44. The first-order valence-electron chi connectivity index (χ1n) is 8.96. The third kappa shape index (κ3) is 3.67. The maximum atomic E-state index is 12.5. The molecule has 0 aromatic carbocycles. The Hall–Kier alpha value is -2.54. The Morgan fingerprint density at radius 1 is 1.15 bits per heavy atom. The van der Waals surface area contributed by atoms with E-state index in [-0.39, 0.29) is 23.3 Å². The summed E-state index contributed by atoms with van der Waals surface area (Å²) in [5, 5.41) is 0. The lowest BCUT2D eigenvalue weighted by atomic mass is 9.76. The number of nitrogens with zero attached hydrogens (tertiary/aromatic N) is 4. The molecular weight excluding hydrogens is 332 g/mol. The first-order chi connectivity index (χ1) is 12.7. The number of hydrogen-bond donors (Lipinski definition) is 0. The molecule has 4 heterocycles. The summed E-state index contributed by atoms with van der Waals surface area (Å²) in [5.74, 6) is 0.808. The zero-order valence-corrected chi connectivity index (χ0v) is 14.6. The van der Waals surface area contributed by atoms with E-state index >= 15 is 0 Å². The number of carbonyl (C=O) groups is 1. The fraction of sp³-hybridized carbons (Fsp3) is 0.474. The van der Waals surface area contributed by atoms with E-state index in [2.05, 4.69) is 15.0 Å². The molecule has 0 unspecified atom stereocenters. The number of hydrogen-bond acceptors (Lipinski definition) is 6. The first kappa shape index (κ1) is 16.9. The van der Waals surface area contributed by atoms with E-state index in [0.29, 0.717) is 25.6 Å². The summed E-state index contributed by atoms with van der Waals surface area (Å²) in [6, 6.07) is 7.33. The summed E-state index contributed by atoms with van der Waals surface area (Å²) in [6.45, 7) is 2.68. The van der Waals surface area contributed by atoms with Crippen LogP contribution in [0.4, 0.5) is 0 Å². The summed E-state index contributed by atoms with van der Waals surface area (Å²) in [7, 11) is 0. The molecule has 2 aromatic heterocycles. The van der Waals surface area contributed by atoms with Crippen LogP contribution in [0, 0.1) is 5.41 Å². The van der Waals surface area contributed by atoms with Gasteiger partial charge < -0.3 is 14.4 Å². The molecule has 0 saturated carbocycles. The molecule has 7 nitrogen and oxygen atoms in total. The van der Waals surface area contributed by atoms with Crippen LogP contribution in [-0.2, 0) is 4.74 Å². The molecule has 0 aliphatic carbocycles. The highest BCUT2D eigenvalue weighted by Crippen LogP contribution is 2.42. The van der Waals surface area contributed by atoms with Crippen molar-refractivity contribution in [1.82, 2.24) is 19.9 Å². The SMILES string of the molecule is O=C(c1ncccn1)N1CCC2(CC1)CO[C@H](COc1ccccn1)C2. The number of pyridine rings is 1. The van der Waals surface area contributed by atoms with Crippen molar-refractivity contribution in [2.75, 3.05) is 26.3 Å². The fourth-order valence-corrected chi connectivity index (χ4v) is 3.70. The summed E-state index contributed by atoms with van der Waals surface area (Å²) in [5.41, 5.74) is 0.145. The van der Waals surface area contributed by atoms with Crippen molar-refractivity contribution in [2.24, 2.45) is 5.41 Å². The van der Waals surface area contributed by atoms with Crippen LogP contribution in [0.15, 0.2) is 42.9 Å². The highest BCUT2D eigenvalue weighted by atomic mass is 16.5. The van der Waals surface area contributed by atoms with Crippen LogP contribution in [0.5, 0.6) is 5.88 Å². The summed E-state index contributed by atoms with van der Waals surface area (Å²) in [6.07, 6.45) is 7.83. The lowest BCUT2D eigenvalue weighted by Gasteiger charge is -2.38. The van der Waals surface area contributed by atoms with E-state index in [1.165, 1.54) is 0 Å². The lowest BCUT2D eigenvalue weighted by molar-refractivity contribution is 0.0418. The van der Waals surface area contributed by atoms with Crippen molar-refractivity contribution < 1.29 is 14.3 Å². The predicted octanol–water partition coefficient (Wildman–Crippen LogP) is 1.96. The first-order valence-corrected chi connectivity index (χ1v) is 8.96. The molecule has 7 heteroatoms. The van der Waals surface area contributed by atoms with Crippen LogP contribution < -0.4 is 4.74 Å². The van der Waals surface area contributed by atoms with E-state index in [4.69, 9.17) is 9.47 Å². The van der Waals surface area contributed by atoms with E-state index < -0.39 is 0 Å². The van der Waals surface area contributed by atoms with Crippen LogP contribution in [0.3, 0.4) is 0 Å². The van der Waals surface area contributed by atoms with Gasteiger partial charge in [0.1, 0.15) is 6.61 Å². The Balaban J connectivity index is 1.28. The number of aromatic nitrogens is 3. The minimum absolute atomic E-state index is 0.0803. The third-order valence-corrected chi connectivity index (χ3v) is 5.21. The van der Waals surface area contributed by atoms with Gasteiger partial charge in [0.2, 0.25) is 11.7 Å². The Morgan fingerprint density at radius 2 is 1.92 bits per heavy atom. The van der Waals surface area contributed by atoms with Gasteiger partial charge in [0.25, 0.3) is 5.91 Å². The van der Waals surface area contributed by atoms with Crippen molar-refractivity contribution in [3.8, 4) is 5.88 Å². The average molecular weight is 354 g/mol. The topological polar surface area (TPSA) is 77.4 Å². The van der Waals surface area contributed by atoms with E-state index in [1.54, 1.807) is 24.7 Å². The molecule has 2 aliphatic rings. The summed E-state index contributed by atoms with van der Waals surface area (Å²) < 4.78 is 11.7. The molecule has 4 rings (SSSR count). The van der Waals surface area contributed by atoms with Gasteiger partial charge in [0.15, 0.2) is 0 Å². The Bertz CT molecular complexity index is 733. The molecule has 2 fully saturated rings. The zero-order valence-electron chi connectivity index (χ0n) is 14.6. The molecule has 136 valence electrons. The number of likely N-dealkylation sites (tertiary alicyclic amines) is 1. The number of carbonyl (C=O) groups excluding carboxylic acids is 1. The molecule has 0 N–H and O–H groups in total. The molecule has 1 spiro atoms. The molecule has 2 aliphatic heterocycles. The molecule has 0 radical (unpaired) electrons. The van der Waals surface area contributed by atoms with Crippen molar-refractivity contribution in [2.45, 2.75) is 25.4 Å². The smallest absolute Gasteiger partial charge is 0.291 e. The standard InChI is InChI=1S/C19H22N4O3/c24-18(17-21-8-3-9-22-17)23-10-5-19(6-11-23)12-15(26-14-19)13-25-16-4-1-2-7-20-16/h1-4,7-9,15H,5-6,10-14H2/t15-/m0/s1. The Labute approximate surface area is 152 Å². The highest BCUT2D eigenvalue weighted by molar-refractivity contribution is 5.90. The van der Waals surface area contributed by atoms with Crippen LogP contribution in [-0.4, -0.2) is 58.2 Å². The van der Waals surface area contributed by atoms with Crippen molar-refractivity contribution in [3.63, 3.8) is 0 Å². The van der Waals surface area contributed by atoms with Crippen LogP contribution in [0.1, 0.15) is 29.9 Å². The minimum atomic E-state index is -0.0885. The predicted molar refractivity (Wildman–Crippen MR) is 93.7 cm³/mol. The maximum absolute atomic E-state index is 12.5. The molecule has 2 saturated heterocycles. The second-order valence-electron chi connectivity index (χ2n) is 6.98. The van der Waals surface area contributed by atoms with Crippen molar-refractivity contribution in [1.29, 1.82) is 0 Å². The van der Waals surface area contributed by atoms with Gasteiger partial charge >= 0.3 is 0 Å². The molecule has 1 atom stereocenters. The van der Waals surface area contributed by atoms with Gasteiger partial charge in [-0.25, -0.2) is 15.0 Å². The maximum Gasteiger partial charge on any atom is 0.291 e. The quantitative estimate of drug-likeness (QED) is 0.835. The second kappa shape index (κ2) is 7.37. The number of ether oxygens (including phenoxy) is 2. The van der Waals surface area contributed by atoms with Crippen molar-refractivity contribution >= 4 is 5.91 Å². The van der Waals surface area contributed by atoms with E-state index in [9.17, 15) is 4.79 Å². The largest absolute Gasteiger partial charge is 0.475 e. The summed E-state index contributed by atoms with van der Waals surface area (Å²) in [4.78, 5) is 26.6. The van der Waals surface area contributed by atoms with Gasteiger partial charge in [0, 0.05) is 37.7 Å². The van der Waals surface area contributed by atoms with Crippen LogP contribution in [0.2, 0.25) is 0 Å². The van der Waals surface area contributed by atoms with Crippen LogP contribution in [0.25, 0.3) is 0 Å². The van der Waals surface area contributed by atoms with E-state index in [0.717, 1.165) is 25.9 Å². The summed E-state index contributed by atoms with van der Waals surface area (Å²) >= 11 is 0. The average Bonchev–Trinajstić information content (AvgIpc) is 3.10. The Kier molecular flexibility index (Phi) is 4.79. The van der Waals surface area contributed by atoms with Crippen molar-refractivity contribution in [3.05, 3.63) is 48.7 Å². The number of amides is 1. The van der Waals surface area contributed by atoms with Crippen LogP contribution >= 0.6 is 0 Å². The Morgan fingerprint density at radius 3 is 2.65 bits per heavy atom. The minimum Gasteiger partial charge on any atom is -0.475 e. The van der Waals surface area contributed by atoms with E-state index in [1.807, 2.05) is 23.1 Å². The van der Waals surface area contributed by atoms with Gasteiger partial charge in [0.05, 0.1) is 12.7 Å². The van der Waals surface area contributed by atoms with Gasteiger partial charge in [-0.2, -0.15) is 0 Å². The molecule has 1 amide bonds. The molecule has 2 aromatic rings. The molecular formula is C19H22N4O3. The number of rotatable bonds is 4. The van der Waals surface area contributed by atoms with Gasteiger partial charge in [-0.3, -0.25) is 4.79 Å². The second-order valence-corrected chi connectivity index (χ2v) is 6.98.